The molecule has 3 aliphatic rings. The predicted molar refractivity (Wildman–Crippen MR) is 80.8 cm³/mol. The molecule has 4 heterocycles. The molecule has 3 nitrogen and oxygen atoms in total. The Hall–Kier alpha value is -0.520. The predicted octanol–water partition coefficient (Wildman–Crippen LogP) is 0.168. The van der Waals surface area contributed by atoms with E-state index in [0.717, 1.165) is 25.3 Å². The Balaban J connectivity index is 0.000000735. The van der Waals surface area contributed by atoms with Crippen LogP contribution in [0.3, 0.4) is 0 Å². The summed E-state index contributed by atoms with van der Waals surface area (Å²) >= 11 is 3.92. The first-order valence-corrected chi connectivity index (χ1v) is 8.08. The zero-order chi connectivity index (χ0) is 12.3. The second-order valence-electron chi connectivity index (χ2n) is 5.55. The molecular formula is C13H16ClN3S2. The molecule has 0 bridgehead atoms. The van der Waals surface area contributed by atoms with E-state index in [1.165, 1.54) is 26.8 Å². The third-order valence-electron chi connectivity index (χ3n) is 3.68. The van der Waals surface area contributed by atoms with E-state index in [1.54, 1.807) is 0 Å². The van der Waals surface area contributed by atoms with Crippen LogP contribution in [0, 0.1) is 0 Å². The molecule has 0 radical (unpaired) electrons. The molecule has 3 aliphatic heterocycles. The fraction of sp³-hybridized carbons (Fsp3) is 0.538. The number of thioether (sulfide) groups is 1. The first kappa shape index (κ1) is 13.5. The summed E-state index contributed by atoms with van der Waals surface area (Å²) in [5.41, 5.74) is 2.85. The van der Waals surface area contributed by atoms with Gasteiger partial charge in [-0.15, -0.1) is 23.1 Å². The molecule has 0 saturated carbocycles. The lowest BCUT2D eigenvalue weighted by Crippen LogP contribution is -3.00. The second kappa shape index (κ2) is 4.50. The van der Waals surface area contributed by atoms with Gasteiger partial charge in [0.2, 0.25) is 0 Å². The summed E-state index contributed by atoms with van der Waals surface area (Å²) in [5.74, 6) is 2.29. The van der Waals surface area contributed by atoms with Crippen molar-refractivity contribution in [1.29, 1.82) is 0 Å². The van der Waals surface area contributed by atoms with Crippen LogP contribution in [0.4, 0.5) is 5.00 Å². The van der Waals surface area contributed by atoms with Crippen molar-refractivity contribution in [1.82, 2.24) is 4.90 Å². The van der Waals surface area contributed by atoms with Gasteiger partial charge in [-0.05, 0) is 12.0 Å². The van der Waals surface area contributed by atoms with Gasteiger partial charge in [0.1, 0.15) is 10.8 Å². The minimum Gasteiger partial charge on any atom is -1.00 e. The number of hydrogen-bond acceptors (Lipinski definition) is 5. The molecule has 0 atom stereocenters. The van der Waals surface area contributed by atoms with E-state index >= 15 is 0 Å². The topological polar surface area (TPSA) is 28.0 Å². The van der Waals surface area contributed by atoms with Gasteiger partial charge in [0.05, 0.1) is 18.4 Å². The molecule has 102 valence electrons. The number of aliphatic imine (C=N–C) groups is 2. The molecule has 0 aromatic carbocycles. The van der Waals surface area contributed by atoms with Crippen molar-refractivity contribution in [3.05, 3.63) is 16.0 Å². The Morgan fingerprint density at radius 1 is 1.42 bits per heavy atom. The first-order chi connectivity index (χ1) is 8.64. The zero-order valence-corrected chi connectivity index (χ0v) is 13.3. The minimum atomic E-state index is 0. The Morgan fingerprint density at radius 2 is 2.26 bits per heavy atom. The Bertz CT molecular complexity index is 595. The highest BCUT2D eigenvalue weighted by Gasteiger charge is 2.35. The maximum absolute atomic E-state index is 4.68. The highest BCUT2D eigenvalue weighted by atomic mass is 35.5. The van der Waals surface area contributed by atoms with Crippen LogP contribution in [0.15, 0.2) is 9.98 Å². The number of nitrogens with zero attached hydrogens (tertiary/aromatic N) is 3. The highest BCUT2D eigenvalue weighted by Crippen LogP contribution is 2.48. The van der Waals surface area contributed by atoms with Crippen LogP contribution in [0.5, 0.6) is 0 Å². The van der Waals surface area contributed by atoms with Crippen LogP contribution in [-0.4, -0.2) is 34.9 Å². The van der Waals surface area contributed by atoms with E-state index in [9.17, 15) is 0 Å². The molecule has 0 spiro atoms. The normalized spacial score (nSPS) is 22.2. The molecule has 0 amide bonds. The monoisotopic (exact) mass is 313 g/mol. The molecule has 0 unspecified atom stereocenters. The van der Waals surface area contributed by atoms with Gasteiger partial charge in [0.25, 0.3) is 0 Å². The van der Waals surface area contributed by atoms with Crippen molar-refractivity contribution in [3.63, 3.8) is 0 Å². The average Bonchev–Trinajstić information content (AvgIpc) is 2.89. The quantitative estimate of drug-likeness (QED) is 0.683. The standard InChI is InChI=1S/C13H15N3S2.ClH/c1-13(2)5-8-9(6-17-13)18-12-10(8)11-14-3-4-16(11)7-15-12;/h7H,3-6H2,1-2H3;1H. The molecule has 19 heavy (non-hydrogen) atoms. The molecule has 0 saturated heterocycles. The number of rotatable bonds is 0. The van der Waals surface area contributed by atoms with Gasteiger partial charge in [-0.25, -0.2) is 4.99 Å². The van der Waals surface area contributed by atoms with Gasteiger partial charge in [0.15, 0.2) is 0 Å². The van der Waals surface area contributed by atoms with Gasteiger partial charge < -0.3 is 17.3 Å². The molecule has 4 rings (SSSR count). The van der Waals surface area contributed by atoms with Crippen LogP contribution >= 0.6 is 23.1 Å². The van der Waals surface area contributed by atoms with Crippen molar-refractivity contribution in [2.45, 2.75) is 30.8 Å². The fourth-order valence-corrected chi connectivity index (χ4v) is 5.08. The highest BCUT2D eigenvalue weighted by molar-refractivity contribution is 8.00. The van der Waals surface area contributed by atoms with Crippen LogP contribution in [0.2, 0.25) is 0 Å². The number of amidine groups is 1. The Kier molecular flexibility index (Phi) is 3.19. The lowest BCUT2D eigenvalue weighted by molar-refractivity contribution is -0.00000381. The molecule has 1 aromatic heterocycles. The number of halogens is 1. The van der Waals surface area contributed by atoms with Gasteiger partial charge in [-0.2, -0.15) is 0 Å². The van der Waals surface area contributed by atoms with Gasteiger partial charge in [0, 0.05) is 21.9 Å². The van der Waals surface area contributed by atoms with Gasteiger partial charge >= 0.3 is 1.43 Å². The molecule has 1 aromatic rings. The van der Waals surface area contributed by atoms with Crippen LogP contribution in [0.25, 0.3) is 0 Å². The van der Waals surface area contributed by atoms with Crippen molar-refractivity contribution in [2.75, 3.05) is 13.1 Å². The Morgan fingerprint density at radius 3 is 3.11 bits per heavy atom. The first-order valence-electron chi connectivity index (χ1n) is 6.28. The minimum absolute atomic E-state index is 0. The van der Waals surface area contributed by atoms with Crippen LogP contribution in [-0.2, 0) is 12.2 Å². The lowest BCUT2D eigenvalue weighted by Gasteiger charge is -2.30. The number of fused-ring (bicyclic) bond motifs is 5. The third-order valence-corrected chi connectivity index (χ3v) is 6.36. The summed E-state index contributed by atoms with van der Waals surface area (Å²) < 4.78 is 0.340. The van der Waals surface area contributed by atoms with Crippen LogP contribution < -0.4 is 12.4 Å². The van der Waals surface area contributed by atoms with Crippen molar-refractivity contribution in [2.24, 2.45) is 9.98 Å². The summed E-state index contributed by atoms with van der Waals surface area (Å²) in [6.07, 6.45) is 3.09. The number of thiophene rings is 1. The summed E-state index contributed by atoms with van der Waals surface area (Å²) in [6, 6.07) is 0. The fourth-order valence-electron chi connectivity index (χ4n) is 2.78. The SMILES string of the molecule is CC1(C)Cc2c(sc3c2C2=NCCN2C=N3)CS1.[Cl-].[H+]. The molecule has 0 aliphatic carbocycles. The van der Waals surface area contributed by atoms with Gasteiger partial charge in [-0.1, -0.05) is 13.8 Å². The summed E-state index contributed by atoms with van der Waals surface area (Å²) in [6.45, 7) is 6.57. The van der Waals surface area contributed by atoms with E-state index < -0.39 is 0 Å². The summed E-state index contributed by atoms with van der Waals surface area (Å²) in [4.78, 5) is 13.0. The van der Waals surface area contributed by atoms with E-state index in [4.69, 9.17) is 0 Å². The summed E-state index contributed by atoms with van der Waals surface area (Å²) in [7, 11) is 0. The van der Waals surface area contributed by atoms with Crippen molar-refractivity contribution >= 4 is 40.3 Å². The smallest absolute Gasteiger partial charge is 1.00 e. The maximum Gasteiger partial charge on any atom is 1.00 e. The van der Waals surface area contributed by atoms with E-state index in [1.807, 2.05) is 17.7 Å². The zero-order valence-electron chi connectivity index (χ0n) is 11.9. The Labute approximate surface area is 129 Å². The largest absolute Gasteiger partial charge is 1.00 e. The molecule has 0 N–H and O–H groups in total. The van der Waals surface area contributed by atoms with Gasteiger partial charge in [-0.3, -0.25) is 4.99 Å². The van der Waals surface area contributed by atoms with Crippen LogP contribution in [0.1, 0.15) is 31.3 Å². The van der Waals surface area contributed by atoms with E-state index in [2.05, 4.69) is 40.5 Å². The number of hydrogen-bond donors (Lipinski definition) is 0. The molecular weight excluding hydrogens is 298 g/mol. The lowest BCUT2D eigenvalue weighted by atomic mass is 9.97. The molecule has 6 heteroatoms. The van der Waals surface area contributed by atoms with Crippen molar-refractivity contribution in [3.8, 4) is 0 Å². The molecule has 0 fully saturated rings. The maximum atomic E-state index is 4.68. The van der Waals surface area contributed by atoms with Crippen molar-refractivity contribution < 1.29 is 13.8 Å². The van der Waals surface area contributed by atoms with E-state index in [-0.39, 0.29) is 13.8 Å². The third kappa shape index (κ3) is 2.03. The summed E-state index contributed by atoms with van der Waals surface area (Å²) in [5, 5.41) is 1.18. The average molecular weight is 314 g/mol. The van der Waals surface area contributed by atoms with E-state index in [0.29, 0.717) is 4.75 Å². The second-order valence-corrected chi connectivity index (χ2v) is 8.32.